The summed E-state index contributed by atoms with van der Waals surface area (Å²) in [5.74, 6) is 1.16. The molecule has 1 atom stereocenters. The van der Waals surface area contributed by atoms with Gasteiger partial charge < -0.3 is 9.42 Å². The second-order valence-electron chi connectivity index (χ2n) is 8.53. The van der Waals surface area contributed by atoms with Crippen molar-refractivity contribution in [1.29, 1.82) is 5.26 Å². The molecule has 5 rings (SSSR count). The number of piperazine rings is 1. The maximum Gasteiger partial charge on any atom is 0.255 e. The van der Waals surface area contributed by atoms with Crippen molar-refractivity contribution in [3.05, 3.63) is 95.9 Å². The third-order valence-electron chi connectivity index (χ3n) is 6.33. The van der Waals surface area contributed by atoms with Crippen LogP contribution in [-0.2, 0) is 0 Å². The Morgan fingerprint density at radius 1 is 0.944 bits per heavy atom. The van der Waals surface area contributed by atoms with Crippen molar-refractivity contribution in [1.82, 2.24) is 19.9 Å². The van der Waals surface area contributed by atoms with E-state index >= 15 is 0 Å². The number of nitriles is 1. The molecule has 3 aromatic carbocycles. The fraction of sp³-hybridized carbons (Fsp3) is 0.214. The Bertz CT molecular complexity index is 1390. The van der Waals surface area contributed by atoms with E-state index in [1.807, 2.05) is 77.7 Å². The number of benzene rings is 3. The molecule has 1 saturated heterocycles. The Morgan fingerprint density at radius 3 is 2.36 bits per heavy atom. The van der Waals surface area contributed by atoms with Crippen LogP contribution in [0, 0.1) is 11.3 Å². The van der Waals surface area contributed by atoms with Gasteiger partial charge in [-0.25, -0.2) is 0 Å². The normalized spacial score (nSPS) is 14.8. The zero-order valence-electron chi connectivity index (χ0n) is 19.9. The first-order valence-corrected chi connectivity index (χ1v) is 12.6. The Labute approximate surface area is 214 Å². The summed E-state index contributed by atoms with van der Waals surface area (Å²) in [6.07, 6.45) is 0. The average molecular weight is 496 g/mol. The molecule has 0 saturated carbocycles. The molecule has 7 nitrogen and oxygen atoms in total. The molecule has 0 radical (unpaired) electrons. The van der Waals surface area contributed by atoms with Gasteiger partial charge in [0.05, 0.1) is 17.2 Å². The van der Waals surface area contributed by atoms with E-state index in [0.717, 1.165) is 15.4 Å². The van der Waals surface area contributed by atoms with Crippen molar-refractivity contribution in [3.8, 4) is 17.5 Å². The van der Waals surface area contributed by atoms with Crippen LogP contribution in [-0.4, -0.2) is 52.0 Å². The van der Waals surface area contributed by atoms with Gasteiger partial charge in [0, 0.05) is 41.5 Å². The van der Waals surface area contributed by atoms with Crippen LogP contribution in [0.3, 0.4) is 0 Å². The van der Waals surface area contributed by atoms with Crippen LogP contribution in [0.2, 0.25) is 0 Å². The fourth-order valence-electron chi connectivity index (χ4n) is 4.25. The predicted octanol–water partition coefficient (Wildman–Crippen LogP) is 5.28. The number of nitrogens with zero attached hydrogens (tertiary/aromatic N) is 5. The zero-order chi connectivity index (χ0) is 24.9. The van der Waals surface area contributed by atoms with Crippen LogP contribution >= 0.6 is 11.8 Å². The van der Waals surface area contributed by atoms with Gasteiger partial charge in [0.15, 0.2) is 0 Å². The van der Waals surface area contributed by atoms with Crippen LogP contribution < -0.4 is 0 Å². The summed E-state index contributed by atoms with van der Waals surface area (Å²) in [7, 11) is 0. The maximum atomic E-state index is 13.5. The van der Waals surface area contributed by atoms with E-state index in [1.54, 1.807) is 6.07 Å². The Hall–Kier alpha value is -3.93. The van der Waals surface area contributed by atoms with E-state index in [-0.39, 0.29) is 11.9 Å². The molecule has 1 aliphatic rings. The number of hydrogen-bond donors (Lipinski definition) is 0. The lowest BCUT2D eigenvalue weighted by Crippen LogP contribution is -2.49. The largest absolute Gasteiger partial charge is 0.337 e. The Balaban J connectivity index is 1.25. The second-order valence-corrected chi connectivity index (χ2v) is 9.62. The summed E-state index contributed by atoms with van der Waals surface area (Å²) in [6.45, 7) is 4.69. The first-order chi connectivity index (χ1) is 17.6. The van der Waals surface area contributed by atoms with Gasteiger partial charge in [-0.05, 0) is 31.2 Å². The van der Waals surface area contributed by atoms with Crippen molar-refractivity contribution in [2.24, 2.45) is 0 Å². The maximum absolute atomic E-state index is 13.5. The van der Waals surface area contributed by atoms with Gasteiger partial charge in [-0.1, -0.05) is 71.5 Å². The SMILES string of the molecule is CC(c1nc(-c2ccccc2)no1)N1CCN(C(=O)c2ccccc2Sc2ccccc2C#N)CC1. The number of hydrogen-bond acceptors (Lipinski definition) is 7. The van der Waals surface area contributed by atoms with Crippen molar-refractivity contribution in [3.63, 3.8) is 0 Å². The minimum absolute atomic E-state index is 0.00370. The summed E-state index contributed by atoms with van der Waals surface area (Å²) < 4.78 is 5.56. The fourth-order valence-corrected chi connectivity index (χ4v) is 5.27. The van der Waals surface area contributed by atoms with E-state index in [9.17, 15) is 10.1 Å². The molecular formula is C28H25N5O2S. The van der Waals surface area contributed by atoms with Crippen molar-refractivity contribution in [2.75, 3.05) is 26.2 Å². The minimum atomic E-state index is -0.0439. The molecule has 2 heterocycles. The highest BCUT2D eigenvalue weighted by atomic mass is 32.2. The first-order valence-electron chi connectivity index (χ1n) is 11.8. The highest BCUT2D eigenvalue weighted by Gasteiger charge is 2.29. The summed E-state index contributed by atoms with van der Waals surface area (Å²) in [6, 6.07) is 27.0. The van der Waals surface area contributed by atoms with E-state index in [0.29, 0.717) is 49.0 Å². The summed E-state index contributed by atoms with van der Waals surface area (Å²) >= 11 is 1.45. The molecule has 1 aromatic heterocycles. The van der Waals surface area contributed by atoms with Crippen LogP contribution in [0.15, 0.2) is 93.2 Å². The lowest BCUT2D eigenvalue weighted by atomic mass is 10.1. The molecule has 1 amide bonds. The summed E-state index contributed by atoms with van der Waals surface area (Å²) in [5.41, 5.74) is 2.17. The van der Waals surface area contributed by atoms with Gasteiger partial charge >= 0.3 is 0 Å². The van der Waals surface area contributed by atoms with Crippen LogP contribution in [0.1, 0.15) is 34.8 Å². The standard InChI is InChI=1S/C28H25N5O2S/c1-20(27-30-26(31-35-27)21-9-3-2-4-10-21)32-15-17-33(18-16-32)28(34)23-12-6-8-14-25(23)36-24-13-7-5-11-22(24)19-29/h2-14,20H,15-18H2,1H3. The molecule has 1 aliphatic heterocycles. The molecular weight excluding hydrogens is 470 g/mol. The molecule has 8 heteroatoms. The number of carbonyl (C=O) groups is 1. The zero-order valence-corrected chi connectivity index (χ0v) is 20.7. The molecule has 0 N–H and O–H groups in total. The monoisotopic (exact) mass is 495 g/mol. The topological polar surface area (TPSA) is 86.3 Å². The summed E-state index contributed by atoms with van der Waals surface area (Å²) in [4.78, 5) is 23.9. The van der Waals surface area contributed by atoms with Gasteiger partial charge in [-0.2, -0.15) is 10.2 Å². The lowest BCUT2D eigenvalue weighted by Gasteiger charge is -2.37. The van der Waals surface area contributed by atoms with Gasteiger partial charge in [-0.15, -0.1) is 0 Å². The first kappa shape index (κ1) is 23.8. The molecule has 36 heavy (non-hydrogen) atoms. The number of carbonyl (C=O) groups excluding carboxylic acids is 1. The molecule has 180 valence electrons. The van der Waals surface area contributed by atoms with Crippen LogP contribution in [0.5, 0.6) is 0 Å². The van der Waals surface area contributed by atoms with Gasteiger partial charge in [0.1, 0.15) is 6.07 Å². The molecule has 0 aliphatic carbocycles. The number of rotatable bonds is 6. The molecule has 0 spiro atoms. The van der Waals surface area contributed by atoms with Gasteiger partial charge in [0.2, 0.25) is 11.7 Å². The smallest absolute Gasteiger partial charge is 0.255 e. The lowest BCUT2D eigenvalue weighted by molar-refractivity contribution is 0.0548. The molecule has 1 unspecified atom stereocenters. The van der Waals surface area contributed by atoms with E-state index in [4.69, 9.17) is 4.52 Å². The predicted molar refractivity (Wildman–Crippen MR) is 137 cm³/mol. The van der Waals surface area contributed by atoms with Gasteiger partial charge in [-0.3, -0.25) is 9.69 Å². The van der Waals surface area contributed by atoms with E-state index in [2.05, 4.69) is 28.0 Å². The average Bonchev–Trinajstić information content (AvgIpc) is 3.44. The highest BCUT2D eigenvalue weighted by Crippen LogP contribution is 2.33. The number of amides is 1. The van der Waals surface area contributed by atoms with Crippen molar-refractivity contribution in [2.45, 2.75) is 22.8 Å². The molecule has 1 fully saturated rings. The second kappa shape index (κ2) is 10.8. The molecule has 0 bridgehead atoms. The molecule has 4 aromatic rings. The Morgan fingerprint density at radius 2 is 1.61 bits per heavy atom. The summed E-state index contributed by atoms with van der Waals surface area (Å²) in [5, 5.41) is 13.6. The van der Waals surface area contributed by atoms with Crippen LogP contribution in [0.25, 0.3) is 11.4 Å². The van der Waals surface area contributed by atoms with Gasteiger partial charge in [0.25, 0.3) is 5.91 Å². The van der Waals surface area contributed by atoms with E-state index < -0.39 is 0 Å². The highest BCUT2D eigenvalue weighted by molar-refractivity contribution is 7.99. The Kier molecular flexibility index (Phi) is 7.12. The van der Waals surface area contributed by atoms with Crippen molar-refractivity contribution >= 4 is 17.7 Å². The van der Waals surface area contributed by atoms with E-state index in [1.165, 1.54) is 11.8 Å². The third kappa shape index (κ3) is 5.03. The number of aromatic nitrogens is 2. The third-order valence-corrected chi connectivity index (χ3v) is 7.48. The minimum Gasteiger partial charge on any atom is -0.337 e. The van der Waals surface area contributed by atoms with Crippen LogP contribution in [0.4, 0.5) is 0 Å². The van der Waals surface area contributed by atoms with Crippen molar-refractivity contribution < 1.29 is 9.32 Å². The quantitative estimate of drug-likeness (QED) is 0.360.